The van der Waals surface area contributed by atoms with Crippen molar-refractivity contribution in [1.82, 2.24) is 4.90 Å². The molecule has 4 atom stereocenters. The molecule has 1 aliphatic heterocycles. The highest BCUT2D eigenvalue weighted by Crippen LogP contribution is 2.40. The van der Waals surface area contributed by atoms with Crippen molar-refractivity contribution in [1.29, 1.82) is 0 Å². The average Bonchev–Trinajstić information content (AvgIpc) is 3.05. The minimum atomic E-state index is -0.0613. The number of aliphatic hydroxyl groups excluding tert-OH is 1. The molecule has 0 radical (unpaired) electrons. The zero-order valence-corrected chi connectivity index (χ0v) is 13.1. The quantitative estimate of drug-likeness (QED) is 0.780. The van der Waals surface area contributed by atoms with Gasteiger partial charge in [-0.2, -0.15) is 0 Å². The largest absolute Gasteiger partial charge is 0.391 e. The van der Waals surface area contributed by atoms with Crippen LogP contribution in [0.15, 0.2) is 0 Å². The number of nitrogens with zero attached hydrogens (tertiary/aromatic N) is 1. The summed E-state index contributed by atoms with van der Waals surface area (Å²) in [6.07, 6.45) is 17.4. The fourth-order valence-corrected chi connectivity index (χ4v) is 4.91. The highest BCUT2D eigenvalue weighted by molar-refractivity contribution is 4.96. The van der Waals surface area contributed by atoms with Crippen LogP contribution >= 0.6 is 0 Å². The van der Waals surface area contributed by atoms with E-state index in [1.165, 1.54) is 83.6 Å². The first kappa shape index (κ1) is 14.8. The Morgan fingerprint density at radius 1 is 0.700 bits per heavy atom. The fraction of sp³-hybridized carbons (Fsp3) is 1.00. The molecule has 3 aliphatic rings. The molecule has 1 heterocycles. The Bertz CT molecular complexity index is 293. The lowest BCUT2D eigenvalue weighted by molar-refractivity contribution is 0.0192. The molecule has 3 rings (SSSR count). The third-order valence-corrected chi connectivity index (χ3v) is 6.07. The van der Waals surface area contributed by atoms with Crippen molar-refractivity contribution >= 4 is 0 Å². The Morgan fingerprint density at radius 3 is 1.95 bits per heavy atom. The zero-order chi connectivity index (χ0) is 13.8. The van der Waals surface area contributed by atoms with Gasteiger partial charge in [0.2, 0.25) is 0 Å². The van der Waals surface area contributed by atoms with Crippen LogP contribution in [-0.2, 0) is 0 Å². The summed E-state index contributed by atoms with van der Waals surface area (Å²) < 4.78 is 0. The second-order valence-corrected chi connectivity index (χ2v) is 7.57. The van der Waals surface area contributed by atoms with Crippen molar-refractivity contribution < 1.29 is 5.11 Å². The van der Waals surface area contributed by atoms with Crippen LogP contribution in [0.2, 0.25) is 0 Å². The number of hydrogen-bond acceptors (Lipinski definition) is 2. The van der Waals surface area contributed by atoms with Gasteiger partial charge < -0.3 is 5.11 Å². The van der Waals surface area contributed by atoms with E-state index in [1.54, 1.807) is 0 Å². The molecule has 0 amide bonds. The van der Waals surface area contributed by atoms with Crippen LogP contribution in [0.1, 0.15) is 83.5 Å². The van der Waals surface area contributed by atoms with Gasteiger partial charge in [-0.1, -0.05) is 51.4 Å². The first-order valence-corrected chi connectivity index (χ1v) is 9.28. The van der Waals surface area contributed by atoms with E-state index in [4.69, 9.17) is 0 Å². The predicted molar refractivity (Wildman–Crippen MR) is 83.8 cm³/mol. The van der Waals surface area contributed by atoms with Crippen molar-refractivity contribution in [3.8, 4) is 0 Å². The van der Waals surface area contributed by atoms with Crippen LogP contribution in [-0.4, -0.2) is 34.7 Å². The Morgan fingerprint density at radius 2 is 1.35 bits per heavy atom. The Balaban J connectivity index is 1.58. The minimum absolute atomic E-state index is 0.0613. The van der Waals surface area contributed by atoms with Gasteiger partial charge in [0.1, 0.15) is 0 Å². The van der Waals surface area contributed by atoms with E-state index in [0.29, 0.717) is 6.04 Å². The second-order valence-electron chi connectivity index (χ2n) is 7.57. The molecule has 0 aromatic heterocycles. The molecule has 116 valence electrons. The third kappa shape index (κ3) is 3.57. The molecule has 2 bridgehead atoms. The molecule has 0 aromatic carbocycles. The number of fused-ring (bicyclic) bond motifs is 2. The lowest BCUT2D eigenvalue weighted by Gasteiger charge is -2.38. The summed E-state index contributed by atoms with van der Waals surface area (Å²) in [5, 5.41) is 10.7. The van der Waals surface area contributed by atoms with Crippen LogP contribution in [0.25, 0.3) is 0 Å². The van der Waals surface area contributed by atoms with Crippen molar-refractivity contribution in [2.75, 3.05) is 6.54 Å². The molecule has 3 fully saturated rings. The monoisotopic (exact) mass is 279 g/mol. The molecular formula is C18H33NO. The first-order valence-electron chi connectivity index (χ1n) is 9.28. The van der Waals surface area contributed by atoms with Crippen LogP contribution < -0.4 is 0 Å². The third-order valence-electron chi connectivity index (χ3n) is 6.07. The first-order chi connectivity index (χ1) is 9.84. The summed E-state index contributed by atoms with van der Waals surface area (Å²) >= 11 is 0. The Kier molecular flexibility index (Phi) is 5.39. The summed E-state index contributed by atoms with van der Waals surface area (Å²) in [5.41, 5.74) is 0. The van der Waals surface area contributed by atoms with E-state index in [-0.39, 0.29) is 6.10 Å². The SMILES string of the molecule is OC1CCCCCCCCCCC1N1CC2CCC1C2. The van der Waals surface area contributed by atoms with E-state index in [9.17, 15) is 5.11 Å². The van der Waals surface area contributed by atoms with Gasteiger partial charge in [-0.05, 0) is 38.0 Å². The number of hydrogen-bond donors (Lipinski definition) is 1. The molecular weight excluding hydrogens is 246 g/mol. The topological polar surface area (TPSA) is 23.5 Å². The number of piperidine rings is 1. The van der Waals surface area contributed by atoms with Crippen molar-refractivity contribution in [2.45, 2.75) is 102 Å². The molecule has 4 unspecified atom stereocenters. The molecule has 1 N–H and O–H groups in total. The summed E-state index contributed by atoms with van der Waals surface area (Å²) in [5.74, 6) is 0.952. The summed E-state index contributed by atoms with van der Waals surface area (Å²) in [6, 6.07) is 1.29. The molecule has 20 heavy (non-hydrogen) atoms. The van der Waals surface area contributed by atoms with Crippen molar-refractivity contribution in [3.63, 3.8) is 0 Å². The van der Waals surface area contributed by atoms with E-state index in [1.807, 2.05) is 0 Å². The lowest BCUT2D eigenvalue weighted by Crippen LogP contribution is -2.47. The molecule has 2 heteroatoms. The number of aliphatic hydroxyl groups is 1. The van der Waals surface area contributed by atoms with Crippen LogP contribution in [0.4, 0.5) is 0 Å². The normalized spacial score (nSPS) is 41.2. The number of likely N-dealkylation sites (tertiary alicyclic amines) is 1. The Hall–Kier alpha value is -0.0800. The summed E-state index contributed by atoms with van der Waals surface area (Å²) in [4.78, 5) is 2.71. The smallest absolute Gasteiger partial charge is 0.0695 e. The maximum absolute atomic E-state index is 10.7. The molecule has 0 aromatic rings. The van der Waals surface area contributed by atoms with E-state index >= 15 is 0 Å². The zero-order valence-electron chi connectivity index (χ0n) is 13.1. The fourth-order valence-electron chi connectivity index (χ4n) is 4.91. The molecule has 2 aliphatic carbocycles. The van der Waals surface area contributed by atoms with Gasteiger partial charge in [0.15, 0.2) is 0 Å². The van der Waals surface area contributed by atoms with Crippen LogP contribution in [0, 0.1) is 5.92 Å². The highest BCUT2D eigenvalue weighted by atomic mass is 16.3. The van der Waals surface area contributed by atoms with Crippen LogP contribution in [0.3, 0.4) is 0 Å². The van der Waals surface area contributed by atoms with Gasteiger partial charge in [-0.15, -0.1) is 0 Å². The van der Waals surface area contributed by atoms with Crippen molar-refractivity contribution in [3.05, 3.63) is 0 Å². The highest BCUT2D eigenvalue weighted by Gasteiger charge is 2.42. The maximum Gasteiger partial charge on any atom is 0.0695 e. The second kappa shape index (κ2) is 7.26. The van der Waals surface area contributed by atoms with Crippen molar-refractivity contribution in [2.24, 2.45) is 5.92 Å². The Labute approximate surface area is 124 Å². The van der Waals surface area contributed by atoms with Gasteiger partial charge in [-0.25, -0.2) is 0 Å². The van der Waals surface area contributed by atoms with Gasteiger partial charge >= 0.3 is 0 Å². The van der Waals surface area contributed by atoms with Gasteiger partial charge in [0.25, 0.3) is 0 Å². The van der Waals surface area contributed by atoms with Gasteiger partial charge in [-0.3, -0.25) is 4.90 Å². The lowest BCUT2D eigenvalue weighted by atomic mass is 9.93. The summed E-state index contributed by atoms with van der Waals surface area (Å²) in [6.45, 7) is 1.28. The van der Waals surface area contributed by atoms with E-state index in [2.05, 4.69) is 4.90 Å². The molecule has 0 spiro atoms. The molecule has 1 saturated heterocycles. The van der Waals surface area contributed by atoms with Gasteiger partial charge in [0.05, 0.1) is 6.10 Å². The predicted octanol–water partition coefficient (Wildman–Crippen LogP) is 4.11. The summed E-state index contributed by atoms with van der Waals surface area (Å²) in [7, 11) is 0. The minimum Gasteiger partial charge on any atom is -0.391 e. The van der Waals surface area contributed by atoms with Crippen LogP contribution in [0.5, 0.6) is 0 Å². The average molecular weight is 279 g/mol. The van der Waals surface area contributed by atoms with E-state index in [0.717, 1.165) is 18.4 Å². The molecule has 2 saturated carbocycles. The van der Waals surface area contributed by atoms with Gasteiger partial charge in [0, 0.05) is 18.6 Å². The standard InChI is InChI=1S/C18H33NO/c20-18-10-8-6-4-2-1-3-5-7-9-17(18)19-14-15-11-12-16(19)13-15/h15-18,20H,1-14H2. The maximum atomic E-state index is 10.7. The molecule has 2 nitrogen and oxygen atoms in total. The number of rotatable bonds is 1. The van der Waals surface area contributed by atoms with E-state index < -0.39 is 0 Å².